The molecule has 7 heteroatoms. The first-order valence-corrected chi connectivity index (χ1v) is 8.98. The number of carboxylic acid groups (broad SMARTS) is 2. The van der Waals surface area contributed by atoms with E-state index in [0.717, 1.165) is 38.5 Å². The Bertz CT molecular complexity index is 437. The zero-order valence-electron chi connectivity index (χ0n) is 15.5. The lowest BCUT2D eigenvalue weighted by molar-refractivity contribution is -0.178. The minimum absolute atomic E-state index is 0.653. The number of hydrogen-bond acceptors (Lipinski definition) is 5. The summed E-state index contributed by atoms with van der Waals surface area (Å²) in [5.74, 6) is -4.13. The number of ether oxygens (including phenoxy) is 1. The largest absolute Gasteiger partial charge is 0.481 e. The molecule has 0 aliphatic heterocycles. The first kappa shape index (κ1) is 23.4. The number of carboxylic acids is 2. The summed E-state index contributed by atoms with van der Waals surface area (Å²) < 4.78 is 5.50. The molecule has 7 nitrogen and oxygen atoms in total. The van der Waals surface area contributed by atoms with Crippen LogP contribution in [0, 0.1) is 0 Å². The second-order valence-electron chi connectivity index (χ2n) is 6.92. The molecule has 0 spiro atoms. The van der Waals surface area contributed by atoms with Gasteiger partial charge in [0.05, 0.1) is 12.8 Å². The molecular formula is C18H32O7. The van der Waals surface area contributed by atoms with Gasteiger partial charge in [-0.15, -0.1) is 0 Å². The number of carbonyl (C=O) groups excluding carboxylic acids is 1. The molecule has 0 aromatic carbocycles. The van der Waals surface area contributed by atoms with Gasteiger partial charge in [-0.05, 0) is 32.6 Å². The van der Waals surface area contributed by atoms with Crippen molar-refractivity contribution in [1.29, 1.82) is 0 Å². The van der Waals surface area contributed by atoms with Crippen molar-refractivity contribution in [2.24, 2.45) is 0 Å². The quantitative estimate of drug-likeness (QED) is 0.321. The van der Waals surface area contributed by atoms with Gasteiger partial charge in [-0.25, -0.2) is 4.79 Å². The highest BCUT2D eigenvalue weighted by molar-refractivity contribution is 5.88. The third-order valence-corrected chi connectivity index (χ3v) is 4.26. The van der Waals surface area contributed by atoms with Crippen LogP contribution in [0.25, 0.3) is 0 Å². The molecule has 146 valence electrons. The summed E-state index contributed by atoms with van der Waals surface area (Å²) in [4.78, 5) is 34.1. The predicted octanol–water partition coefficient (Wildman–Crippen LogP) is 3.13. The molecule has 0 amide bonds. The van der Waals surface area contributed by atoms with E-state index in [1.54, 1.807) is 0 Å². The first-order chi connectivity index (χ1) is 11.6. The van der Waals surface area contributed by atoms with Crippen LogP contribution in [0.15, 0.2) is 0 Å². The van der Waals surface area contributed by atoms with Crippen LogP contribution in [-0.2, 0) is 19.1 Å². The van der Waals surface area contributed by atoms with Gasteiger partial charge < -0.3 is 20.1 Å². The summed E-state index contributed by atoms with van der Waals surface area (Å²) in [6.45, 7) is 5.95. The van der Waals surface area contributed by atoms with Gasteiger partial charge in [-0.3, -0.25) is 9.59 Å². The second-order valence-corrected chi connectivity index (χ2v) is 6.92. The maximum absolute atomic E-state index is 12.2. The maximum atomic E-state index is 12.2. The van der Waals surface area contributed by atoms with E-state index in [1.165, 1.54) is 0 Å². The van der Waals surface area contributed by atoms with Gasteiger partial charge in [0, 0.05) is 0 Å². The lowest BCUT2D eigenvalue weighted by Gasteiger charge is -2.31. The molecule has 0 heterocycles. The van der Waals surface area contributed by atoms with Crippen molar-refractivity contribution < 1.29 is 34.4 Å². The number of aliphatic hydroxyl groups is 1. The van der Waals surface area contributed by atoms with Gasteiger partial charge in [0.15, 0.2) is 5.60 Å². The monoisotopic (exact) mass is 360 g/mol. The van der Waals surface area contributed by atoms with E-state index in [-0.39, 0.29) is 0 Å². The molecule has 0 aromatic heterocycles. The van der Waals surface area contributed by atoms with Crippen LogP contribution in [-0.4, -0.2) is 44.4 Å². The number of aliphatic carboxylic acids is 2. The smallest absolute Gasteiger partial charge is 0.336 e. The summed E-state index contributed by atoms with van der Waals surface area (Å²) in [6, 6.07) is 0. The Hall–Kier alpha value is -1.63. The fourth-order valence-electron chi connectivity index (χ4n) is 2.74. The first-order valence-electron chi connectivity index (χ1n) is 8.98. The zero-order chi connectivity index (χ0) is 19.5. The van der Waals surface area contributed by atoms with Crippen LogP contribution in [0.5, 0.6) is 0 Å². The van der Waals surface area contributed by atoms with Crippen LogP contribution >= 0.6 is 0 Å². The summed E-state index contributed by atoms with van der Waals surface area (Å²) in [5, 5.41) is 27.8. The summed E-state index contributed by atoms with van der Waals surface area (Å²) >= 11 is 0. The van der Waals surface area contributed by atoms with E-state index in [9.17, 15) is 19.5 Å². The summed E-state index contributed by atoms with van der Waals surface area (Å²) in [6.07, 6.45) is 5.17. The lowest BCUT2D eigenvalue weighted by atomic mass is 9.91. The van der Waals surface area contributed by atoms with E-state index < -0.39 is 42.0 Å². The summed E-state index contributed by atoms with van der Waals surface area (Å²) in [5.41, 5.74) is -3.39. The average molecular weight is 360 g/mol. The van der Waals surface area contributed by atoms with E-state index in [4.69, 9.17) is 14.9 Å². The minimum atomic E-state index is -2.66. The molecule has 0 saturated heterocycles. The number of carbonyl (C=O) groups is 3. The number of hydrogen-bond donors (Lipinski definition) is 3. The molecule has 0 aliphatic carbocycles. The highest BCUT2D eigenvalue weighted by Gasteiger charge is 2.42. The third-order valence-electron chi connectivity index (χ3n) is 4.26. The zero-order valence-corrected chi connectivity index (χ0v) is 15.5. The van der Waals surface area contributed by atoms with Crippen molar-refractivity contribution in [3.05, 3.63) is 0 Å². The van der Waals surface area contributed by atoms with E-state index in [0.29, 0.717) is 12.8 Å². The van der Waals surface area contributed by atoms with Gasteiger partial charge >= 0.3 is 17.9 Å². The van der Waals surface area contributed by atoms with Crippen molar-refractivity contribution in [2.45, 2.75) is 96.2 Å². The molecule has 1 unspecified atom stereocenters. The Kier molecular flexibility index (Phi) is 10.4. The Balaban J connectivity index is 4.96. The number of unbranched alkanes of at least 4 members (excludes halogenated alkanes) is 4. The topological polar surface area (TPSA) is 121 Å². The second kappa shape index (κ2) is 11.1. The van der Waals surface area contributed by atoms with Gasteiger partial charge in [0.1, 0.15) is 5.60 Å². The van der Waals surface area contributed by atoms with Gasteiger partial charge in [0.25, 0.3) is 0 Å². The molecule has 25 heavy (non-hydrogen) atoms. The van der Waals surface area contributed by atoms with Crippen molar-refractivity contribution in [2.75, 3.05) is 0 Å². The molecule has 0 aliphatic rings. The van der Waals surface area contributed by atoms with Crippen molar-refractivity contribution in [1.82, 2.24) is 0 Å². The van der Waals surface area contributed by atoms with Crippen molar-refractivity contribution >= 4 is 17.9 Å². The van der Waals surface area contributed by atoms with Crippen molar-refractivity contribution in [3.63, 3.8) is 0 Å². The minimum Gasteiger partial charge on any atom is -0.481 e. The van der Waals surface area contributed by atoms with Crippen LogP contribution in [0.3, 0.4) is 0 Å². The van der Waals surface area contributed by atoms with Crippen LogP contribution in [0.1, 0.15) is 85.0 Å². The molecule has 0 bridgehead atoms. The van der Waals surface area contributed by atoms with Crippen LogP contribution in [0.4, 0.5) is 0 Å². The van der Waals surface area contributed by atoms with Crippen molar-refractivity contribution in [3.8, 4) is 0 Å². The standard InChI is InChI=1S/C18H32O7/c1-4-6-8-10-17(3,11-9-7-5-2)25-15(21)13-18(24,16(22)23)12-14(19)20/h24H,4-13H2,1-3H3,(H,19,20)(H,22,23). The van der Waals surface area contributed by atoms with Gasteiger partial charge in [0.2, 0.25) is 0 Å². The normalized spacial score (nSPS) is 13.9. The number of rotatable bonds is 14. The van der Waals surface area contributed by atoms with Crippen LogP contribution in [0.2, 0.25) is 0 Å². The molecule has 3 N–H and O–H groups in total. The molecule has 0 radical (unpaired) electrons. The molecular weight excluding hydrogens is 328 g/mol. The molecule has 0 aromatic rings. The van der Waals surface area contributed by atoms with Gasteiger partial charge in [-0.2, -0.15) is 0 Å². The molecule has 1 atom stereocenters. The lowest BCUT2D eigenvalue weighted by Crippen LogP contribution is -2.44. The average Bonchev–Trinajstić information content (AvgIpc) is 2.46. The predicted molar refractivity (Wildman–Crippen MR) is 92.2 cm³/mol. The molecule has 0 saturated carbocycles. The fraction of sp³-hybridized carbons (Fsp3) is 0.833. The van der Waals surface area contributed by atoms with Crippen LogP contribution < -0.4 is 0 Å². The maximum Gasteiger partial charge on any atom is 0.336 e. The highest BCUT2D eigenvalue weighted by atomic mass is 16.6. The molecule has 0 rings (SSSR count). The van der Waals surface area contributed by atoms with Gasteiger partial charge in [-0.1, -0.05) is 39.5 Å². The number of esters is 1. The summed E-state index contributed by atoms with van der Waals surface area (Å²) in [7, 11) is 0. The van der Waals surface area contributed by atoms with E-state index in [1.807, 2.05) is 6.92 Å². The Morgan fingerprint density at radius 2 is 1.36 bits per heavy atom. The Morgan fingerprint density at radius 1 is 0.880 bits per heavy atom. The SMILES string of the molecule is CCCCCC(C)(CCCCC)OC(=O)CC(O)(CC(=O)O)C(=O)O. The Morgan fingerprint density at radius 3 is 1.72 bits per heavy atom. The highest BCUT2D eigenvalue weighted by Crippen LogP contribution is 2.28. The van der Waals surface area contributed by atoms with E-state index >= 15 is 0 Å². The molecule has 0 fully saturated rings. The Labute approximate surface area is 149 Å². The fourth-order valence-corrected chi connectivity index (χ4v) is 2.74. The van der Waals surface area contributed by atoms with E-state index in [2.05, 4.69) is 13.8 Å². The third kappa shape index (κ3) is 9.43.